The van der Waals surface area contributed by atoms with E-state index in [1.54, 1.807) is 0 Å². The average Bonchev–Trinajstić information content (AvgIpc) is 3.02. The standard InChI is InChI=1S/C18H29N3O8SSi/c1-10-7-21(16(24)20-14(10)23)15-13(22)18(11(19)9-30(25,26)29-18)12(28-15)8-27-31(5,6)17(2,3)4/h7,9,12-13,15,22H,8,19H2,1-6H3,(H,20,23,24)/t12-,13+,15-,18-/m1/s1. The number of H-pyrrole nitrogens is 1. The third-order valence-corrected chi connectivity index (χ3v) is 11.8. The number of nitrogens with two attached hydrogens (primary N) is 1. The molecule has 1 saturated heterocycles. The summed E-state index contributed by atoms with van der Waals surface area (Å²) < 4.78 is 42.7. The lowest BCUT2D eigenvalue weighted by Gasteiger charge is -2.38. The van der Waals surface area contributed by atoms with E-state index in [0.29, 0.717) is 0 Å². The van der Waals surface area contributed by atoms with Gasteiger partial charge >= 0.3 is 5.69 Å². The smallest absolute Gasteiger partial charge is 0.330 e. The summed E-state index contributed by atoms with van der Waals surface area (Å²) in [6.07, 6.45) is -2.94. The van der Waals surface area contributed by atoms with Gasteiger partial charge in [-0.15, -0.1) is 0 Å². The third-order valence-electron chi connectivity index (χ3n) is 6.29. The summed E-state index contributed by atoms with van der Waals surface area (Å²) in [4.78, 5) is 26.2. The van der Waals surface area contributed by atoms with Crippen LogP contribution in [0, 0.1) is 6.92 Å². The highest BCUT2D eigenvalue weighted by atomic mass is 32.2. The molecule has 1 aromatic rings. The monoisotopic (exact) mass is 475 g/mol. The van der Waals surface area contributed by atoms with Gasteiger partial charge in [0.25, 0.3) is 15.7 Å². The van der Waals surface area contributed by atoms with E-state index in [2.05, 4.69) is 4.98 Å². The molecule has 0 aromatic carbocycles. The molecule has 13 heteroatoms. The van der Waals surface area contributed by atoms with Crippen LogP contribution in [0.2, 0.25) is 18.1 Å². The van der Waals surface area contributed by atoms with Crippen LogP contribution in [-0.2, 0) is 23.5 Å². The van der Waals surface area contributed by atoms with Gasteiger partial charge in [-0.1, -0.05) is 20.8 Å². The van der Waals surface area contributed by atoms with Gasteiger partial charge in [0.05, 0.1) is 17.7 Å². The average molecular weight is 476 g/mol. The van der Waals surface area contributed by atoms with Gasteiger partial charge in [-0.3, -0.25) is 14.3 Å². The van der Waals surface area contributed by atoms with E-state index in [1.807, 2.05) is 33.9 Å². The SMILES string of the molecule is Cc1cn([C@@H]2O[C@H](CO[Si](C)(C)C(C)(C)C)[C@@]3(OS(=O)(=O)C=C3N)[C@H]2O)c(=O)[nH]c1=O. The summed E-state index contributed by atoms with van der Waals surface area (Å²) >= 11 is 0. The van der Waals surface area contributed by atoms with Crippen LogP contribution in [0.15, 0.2) is 26.9 Å². The summed E-state index contributed by atoms with van der Waals surface area (Å²) in [5.41, 5.74) is 2.59. The number of hydrogen-bond donors (Lipinski definition) is 3. The number of aliphatic hydroxyl groups excluding tert-OH is 1. The zero-order chi connectivity index (χ0) is 23.6. The summed E-state index contributed by atoms with van der Waals surface area (Å²) in [7, 11) is -6.47. The normalized spacial score (nSPS) is 30.7. The van der Waals surface area contributed by atoms with Gasteiger partial charge in [0.15, 0.2) is 20.1 Å². The van der Waals surface area contributed by atoms with Crippen LogP contribution in [0.4, 0.5) is 0 Å². The number of nitrogens with one attached hydrogen (secondary N) is 1. The van der Waals surface area contributed by atoms with Gasteiger partial charge in [0.1, 0.15) is 12.2 Å². The molecule has 0 amide bonds. The van der Waals surface area contributed by atoms with Crippen molar-refractivity contribution in [1.82, 2.24) is 9.55 Å². The van der Waals surface area contributed by atoms with Crippen molar-refractivity contribution in [1.29, 1.82) is 0 Å². The Morgan fingerprint density at radius 1 is 1.35 bits per heavy atom. The van der Waals surface area contributed by atoms with Crippen LogP contribution in [-0.4, -0.2) is 55.8 Å². The largest absolute Gasteiger partial charge is 0.414 e. The molecular formula is C18H29N3O8SSi. The predicted octanol–water partition coefficient (Wildman–Crippen LogP) is 0.0240. The number of aromatic amines is 1. The second-order valence-corrected chi connectivity index (χ2v) is 15.6. The van der Waals surface area contributed by atoms with E-state index in [1.165, 1.54) is 13.1 Å². The molecular weight excluding hydrogens is 446 g/mol. The van der Waals surface area contributed by atoms with E-state index in [-0.39, 0.29) is 22.9 Å². The molecule has 2 aliphatic heterocycles. The molecule has 0 radical (unpaired) electrons. The fourth-order valence-electron chi connectivity index (χ4n) is 3.37. The van der Waals surface area contributed by atoms with Crippen molar-refractivity contribution in [2.45, 2.75) is 69.9 Å². The number of aliphatic hydroxyl groups is 1. The van der Waals surface area contributed by atoms with Crippen molar-refractivity contribution in [3.05, 3.63) is 43.7 Å². The fourth-order valence-corrected chi connectivity index (χ4v) is 5.61. The molecule has 4 N–H and O–H groups in total. The molecule has 0 aliphatic carbocycles. The van der Waals surface area contributed by atoms with Crippen LogP contribution in [0.5, 0.6) is 0 Å². The first-order chi connectivity index (χ1) is 14.0. The highest BCUT2D eigenvalue weighted by molar-refractivity contribution is 7.90. The van der Waals surface area contributed by atoms with Crippen LogP contribution >= 0.6 is 0 Å². The number of aryl methyl sites for hydroxylation is 1. The van der Waals surface area contributed by atoms with Gasteiger partial charge < -0.3 is 20.0 Å². The Bertz CT molecular complexity index is 1130. The van der Waals surface area contributed by atoms with Crippen molar-refractivity contribution in [3.63, 3.8) is 0 Å². The molecule has 3 rings (SSSR count). The Balaban J connectivity index is 2.05. The highest BCUT2D eigenvalue weighted by Gasteiger charge is 2.65. The number of ether oxygens (including phenoxy) is 1. The van der Waals surface area contributed by atoms with Crippen LogP contribution in [0.25, 0.3) is 0 Å². The summed E-state index contributed by atoms with van der Waals surface area (Å²) in [5, 5.41) is 11.7. The second-order valence-electron chi connectivity index (χ2n) is 9.45. The molecule has 11 nitrogen and oxygen atoms in total. The molecule has 4 atom stereocenters. The van der Waals surface area contributed by atoms with Gasteiger partial charge in [-0.25, -0.2) is 8.98 Å². The number of hydrogen-bond acceptors (Lipinski definition) is 9. The van der Waals surface area contributed by atoms with Crippen molar-refractivity contribution in [3.8, 4) is 0 Å². The van der Waals surface area contributed by atoms with E-state index in [9.17, 15) is 23.1 Å². The second kappa shape index (κ2) is 7.39. The molecule has 0 saturated carbocycles. The molecule has 174 valence electrons. The van der Waals surface area contributed by atoms with Crippen molar-refractivity contribution < 1.29 is 26.9 Å². The molecule has 31 heavy (non-hydrogen) atoms. The third kappa shape index (κ3) is 3.94. The molecule has 0 unspecified atom stereocenters. The summed E-state index contributed by atoms with van der Waals surface area (Å²) in [6.45, 7) is 11.5. The van der Waals surface area contributed by atoms with E-state index >= 15 is 0 Å². The first kappa shape index (κ1) is 23.9. The highest BCUT2D eigenvalue weighted by Crippen LogP contribution is 2.47. The minimum atomic E-state index is -4.18. The van der Waals surface area contributed by atoms with Gasteiger partial charge in [-0.2, -0.15) is 8.42 Å². The quantitative estimate of drug-likeness (QED) is 0.402. The Morgan fingerprint density at radius 2 is 1.97 bits per heavy atom. The fraction of sp³-hybridized carbons (Fsp3) is 0.667. The van der Waals surface area contributed by atoms with Crippen LogP contribution in [0.3, 0.4) is 0 Å². The van der Waals surface area contributed by atoms with Gasteiger partial charge in [0.2, 0.25) is 0 Å². The van der Waals surface area contributed by atoms with Gasteiger partial charge in [-0.05, 0) is 25.1 Å². The zero-order valence-corrected chi connectivity index (χ0v) is 20.1. The van der Waals surface area contributed by atoms with Crippen molar-refractivity contribution >= 4 is 18.4 Å². The minimum Gasteiger partial charge on any atom is -0.414 e. The molecule has 1 fully saturated rings. The Kier molecular flexibility index (Phi) is 5.69. The summed E-state index contributed by atoms with van der Waals surface area (Å²) in [5.74, 6) is 0. The summed E-state index contributed by atoms with van der Waals surface area (Å²) in [6, 6.07) is 0. The van der Waals surface area contributed by atoms with E-state index in [4.69, 9.17) is 19.1 Å². The minimum absolute atomic E-state index is 0.120. The first-order valence-electron chi connectivity index (χ1n) is 9.75. The number of rotatable bonds is 4. The number of aromatic nitrogens is 2. The Labute approximate surface area is 181 Å². The molecule has 1 spiro atoms. The van der Waals surface area contributed by atoms with Crippen molar-refractivity contribution in [2.24, 2.45) is 5.73 Å². The van der Waals surface area contributed by atoms with Crippen LogP contribution < -0.4 is 17.0 Å². The lowest BCUT2D eigenvalue weighted by molar-refractivity contribution is -0.0566. The number of nitrogens with zero attached hydrogens (tertiary/aromatic N) is 1. The molecule has 3 heterocycles. The topological polar surface area (TPSA) is 163 Å². The lowest BCUT2D eigenvalue weighted by Crippen LogP contribution is -2.55. The Morgan fingerprint density at radius 3 is 2.48 bits per heavy atom. The predicted molar refractivity (Wildman–Crippen MR) is 114 cm³/mol. The molecule has 1 aromatic heterocycles. The van der Waals surface area contributed by atoms with Crippen LogP contribution in [0.1, 0.15) is 32.6 Å². The lowest BCUT2D eigenvalue weighted by atomic mass is 9.89. The Hall–Kier alpha value is -1.77. The van der Waals surface area contributed by atoms with Crippen molar-refractivity contribution in [2.75, 3.05) is 6.61 Å². The maximum Gasteiger partial charge on any atom is 0.330 e. The maximum absolute atomic E-state index is 12.4. The van der Waals surface area contributed by atoms with Gasteiger partial charge in [0, 0.05) is 11.8 Å². The van der Waals surface area contributed by atoms with E-state index < -0.39 is 53.7 Å². The molecule has 0 bridgehead atoms. The zero-order valence-electron chi connectivity index (χ0n) is 18.3. The first-order valence-corrected chi connectivity index (χ1v) is 14.1. The molecule has 2 aliphatic rings. The maximum atomic E-state index is 12.4. The van der Waals surface area contributed by atoms with E-state index in [0.717, 1.165) is 9.98 Å².